The molecule has 7 amide bonds. The Morgan fingerprint density at radius 3 is 0.942 bits per heavy atom. The average Bonchev–Trinajstić information content (AvgIpc) is 0.794. The molecule has 5 N–H and O–H groups in total. The predicted molar refractivity (Wildman–Crippen MR) is 486 cm³/mol. The number of carbonyl (C=O) groups excluding carboxylic acids is 21. The van der Waals surface area contributed by atoms with Gasteiger partial charge in [0, 0.05) is 187 Å². The van der Waals surface area contributed by atoms with Crippen molar-refractivity contribution in [1.82, 2.24) is 36.4 Å². The van der Waals surface area contributed by atoms with E-state index in [1.54, 1.807) is 11.8 Å². The fraction of sp³-hybridized carbons (Fsp3) is 0.767. The Labute approximate surface area is 806 Å². The zero-order chi connectivity index (χ0) is 102. The van der Waals surface area contributed by atoms with Gasteiger partial charge in [0.25, 0.3) is 0 Å². The van der Waals surface area contributed by atoms with Crippen LogP contribution in [0.1, 0.15) is 263 Å². The van der Waals surface area contributed by atoms with E-state index in [-0.39, 0.29) is 202 Å². The molecule has 0 aromatic rings. The van der Waals surface area contributed by atoms with Crippen LogP contribution in [0.2, 0.25) is 0 Å². The van der Waals surface area contributed by atoms with Crippen LogP contribution in [0.15, 0.2) is 0 Å². The molecule has 3 aliphatic rings. The Kier molecular flexibility index (Phi) is 59.9. The molecule has 0 spiro atoms. The van der Waals surface area contributed by atoms with Crippen LogP contribution in [-0.2, 0) is 196 Å². The maximum absolute atomic E-state index is 14.5. The fourth-order valence-electron chi connectivity index (χ4n) is 15.0. The SMILES string of the molecule is CCC(OC(=O)CCC(=O)CS(#P)=S)C(=O)N(CCCNC(=O)CCCCC(=O)CCCCO[C@@H]1OC(COC(C)=O)[C@H](OC(C)=O)[C@H](OC(C)=O)C1NC(C)=O)CCCN(CCCNC(=O)CCCCC(=O)CCCCO[C@@H]1OC(COC(C)=O)[C@H](OC(C)=O)[C@H](OC(C)=O)C1NC(C)=O)C(=O)CCCCC(=O)CCCCO[C@@H]1OC(COC(C)=O)[C@H](OC(C)=O)[C@H](OC(C)=O)C1NC(C)=O. The fourth-order valence-corrected chi connectivity index (χ4v) is 16.3. The standard InChI is InChI=1S/C90H140N7O37PS2/c1-14-70(131-77(117)40-39-69(113)53-137(135)136)87(118)97(44-28-42-92-75(115)37-19-16-31-67(111)34-22-25-48-120-89-79(94-55(3)99)85(129-64(12)108)82(126-61(9)105)72(133-89)51-123-58(6)102)46-29-45-96(76(116)38-20-17-32-68(112)35-23-26-49-121-90-80(95-56(4)100)86(130-65(13)109)83(127-62(10)106)73(134-90)52-124-59(7)103)43-27-41-91-74(114)36-18-15-30-66(110)33-21-24-47-119-88-78(93-54(2)98)84(128-63(11)107)81(125-60(8)104)71(132-88)50-122-57(5)101/h70-73,78-86,88-90H,14-53H2,1-13H3,(H,91,114)(H,92,115)(H,93,98)(H,94,99)(H,95,100)/t70?,71?,72?,73?,78?,79?,80?,81-,82-,83-,84+,85+,86+,88+,89+,90+/m0/s1. The van der Waals surface area contributed by atoms with Crippen LogP contribution in [0.4, 0.5) is 0 Å². The Hall–Kier alpha value is -9.70. The van der Waals surface area contributed by atoms with E-state index in [9.17, 15) is 101 Å². The van der Waals surface area contributed by atoms with Crippen molar-refractivity contribution in [3.05, 3.63) is 0 Å². The molecule has 16 atom stereocenters. The molecule has 3 heterocycles. The number of hydrogen-bond donors (Lipinski definition) is 5. The molecule has 0 bridgehead atoms. The second-order valence-corrected chi connectivity index (χ2v) is 37.4. The Balaban J connectivity index is 1.71. The quantitative estimate of drug-likeness (QED) is 0.0248. The minimum Gasteiger partial charge on any atom is -0.463 e. The molecule has 44 nitrogen and oxygen atoms in total. The first-order valence-corrected chi connectivity index (χ1v) is 49.7. The van der Waals surface area contributed by atoms with Crippen molar-refractivity contribution in [3.8, 4) is 0 Å². The predicted octanol–water partition coefficient (Wildman–Crippen LogP) is 4.04. The van der Waals surface area contributed by atoms with Crippen molar-refractivity contribution in [2.75, 3.05) is 84.7 Å². The van der Waals surface area contributed by atoms with Crippen molar-refractivity contribution < 1.29 is 176 Å². The van der Waals surface area contributed by atoms with Crippen molar-refractivity contribution in [2.24, 2.45) is 0 Å². The molecule has 3 aliphatic heterocycles. The number of Topliss-reactive ketones (excluding diaryl/α,β-unsaturated/α-hetero) is 4. The van der Waals surface area contributed by atoms with Crippen LogP contribution in [0.5, 0.6) is 0 Å². The molecule has 0 aromatic heterocycles. The Bertz CT molecular complexity index is 4160. The molecule has 774 valence electrons. The number of unbranched alkanes of at least 4 members (excludes halogenated alkanes) is 6. The smallest absolute Gasteiger partial charge is 0.463 e. The second kappa shape index (κ2) is 67.6. The summed E-state index contributed by atoms with van der Waals surface area (Å²) in [6.07, 6.45) is -11.2. The van der Waals surface area contributed by atoms with E-state index >= 15 is 0 Å². The summed E-state index contributed by atoms with van der Waals surface area (Å²) < 4.78 is 90.1. The van der Waals surface area contributed by atoms with Gasteiger partial charge in [-0.3, -0.25) is 86.3 Å². The van der Waals surface area contributed by atoms with Crippen LogP contribution in [0, 0.1) is 0 Å². The van der Waals surface area contributed by atoms with E-state index in [0.29, 0.717) is 77.0 Å². The van der Waals surface area contributed by atoms with Gasteiger partial charge in [-0.15, -0.1) is 0 Å². The van der Waals surface area contributed by atoms with E-state index < -0.39 is 210 Å². The third-order valence-corrected chi connectivity index (χ3v) is 22.4. The summed E-state index contributed by atoms with van der Waals surface area (Å²) in [6.45, 7) is 14.7. The maximum atomic E-state index is 14.5. The second-order valence-electron chi connectivity index (χ2n) is 33.2. The number of rotatable bonds is 67. The number of nitrogens with zero attached hydrogens (tertiary/aromatic N) is 2. The molecule has 3 fully saturated rings. The van der Waals surface area contributed by atoms with Gasteiger partial charge in [0.05, 0.1) is 0 Å². The van der Waals surface area contributed by atoms with Crippen molar-refractivity contribution in [1.29, 1.82) is 0 Å². The first-order valence-electron chi connectivity index (χ1n) is 46.4. The van der Waals surface area contributed by atoms with Crippen LogP contribution in [0.3, 0.4) is 0 Å². The van der Waals surface area contributed by atoms with Crippen LogP contribution < -0.4 is 26.6 Å². The van der Waals surface area contributed by atoms with Gasteiger partial charge in [-0.05, 0) is 83.5 Å². The third-order valence-electron chi connectivity index (χ3n) is 21.1. The Morgan fingerprint density at radius 2 is 0.635 bits per heavy atom. The zero-order valence-electron chi connectivity index (χ0n) is 80.8. The molecular weight excluding hydrogens is 1870 g/mol. The summed E-state index contributed by atoms with van der Waals surface area (Å²) >= 11 is 5.04. The van der Waals surface area contributed by atoms with Gasteiger partial charge in [-0.1, -0.05) is 0 Å². The zero-order valence-corrected chi connectivity index (χ0v) is 83.3. The van der Waals surface area contributed by atoms with Gasteiger partial charge in [-0.2, -0.15) is 0 Å². The molecule has 0 radical (unpaired) electrons. The van der Waals surface area contributed by atoms with Gasteiger partial charge in [0.2, 0.25) is 35.4 Å². The van der Waals surface area contributed by atoms with Crippen molar-refractivity contribution >= 4 is 152 Å². The topological polar surface area (TPSA) is 573 Å². The number of hydrogen-bond acceptors (Lipinski definition) is 38. The number of carbonyl (C=O) groups is 21. The number of ketones is 4. The van der Waals surface area contributed by atoms with Crippen LogP contribution in [-0.4, -0.2) is 317 Å². The third kappa shape index (κ3) is 52.2. The number of ether oxygens (including phenoxy) is 16. The van der Waals surface area contributed by atoms with Crippen LogP contribution in [0.25, 0.3) is 0 Å². The van der Waals surface area contributed by atoms with Gasteiger partial charge >= 0.3 is 187 Å². The van der Waals surface area contributed by atoms with Gasteiger partial charge < -0.3 is 103 Å². The number of amides is 7. The summed E-state index contributed by atoms with van der Waals surface area (Å²) in [5.74, 6) is -11.3. The molecule has 3 rings (SSSR count). The van der Waals surface area contributed by atoms with Gasteiger partial charge in [0.15, 0.2) is 55.5 Å². The van der Waals surface area contributed by atoms with Crippen LogP contribution >= 0.6 is 7.81 Å². The first kappa shape index (κ1) is 121. The van der Waals surface area contributed by atoms with Crippen molar-refractivity contribution in [2.45, 2.75) is 361 Å². The molecule has 47 heteroatoms. The van der Waals surface area contributed by atoms with E-state index in [0.717, 1.165) is 62.3 Å². The van der Waals surface area contributed by atoms with Gasteiger partial charge in [0.1, 0.15) is 73.6 Å². The summed E-state index contributed by atoms with van der Waals surface area (Å²) in [5.41, 5.74) is 0. The summed E-state index contributed by atoms with van der Waals surface area (Å²) in [5, 5.41) is 13.6. The number of esters is 10. The molecule has 0 saturated carbocycles. The molecule has 7 unspecified atom stereocenters. The van der Waals surface area contributed by atoms with Crippen molar-refractivity contribution in [3.63, 3.8) is 0 Å². The molecule has 0 aliphatic carbocycles. The minimum absolute atomic E-state index is 0.00193. The Morgan fingerprint density at radius 1 is 0.343 bits per heavy atom. The minimum atomic E-state index is -1.34. The normalized spacial score (nSPS) is 21.2. The van der Waals surface area contributed by atoms with E-state index in [2.05, 4.69) is 34.4 Å². The summed E-state index contributed by atoms with van der Waals surface area (Å²) in [4.78, 5) is 269. The average molecular weight is 2010 g/mol. The van der Waals surface area contributed by atoms with E-state index in [1.165, 1.54) is 25.7 Å². The van der Waals surface area contributed by atoms with E-state index in [4.69, 9.17) is 87.0 Å². The molecule has 137 heavy (non-hydrogen) atoms. The van der Waals surface area contributed by atoms with Gasteiger partial charge in [-0.25, -0.2) is 0 Å². The number of nitrogens with one attached hydrogen (secondary N) is 5. The molecule has 0 aromatic carbocycles. The summed E-state index contributed by atoms with van der Waals surface area (Å²) in [6, 6.07) is -3.53. The summed E-state index contributed by atoms with van der Waals surface area (Å²) in [7, 11) is 3.18. The monoisotopic (exact) mass is 2010 g/mol. The molecule has 3 saturated heterocycles. The molecular formula is C90H140N7O37PS2. The first-order chi connectivity index (χ1) is 64.9. The van der Waals surface area contributed by atoms with E-state index in [1.807, 2.05) is 0 Å².